The van der Waals surface area contributed by atoms with Crippen molar-refractivity contribution in [2.45, 2.75) is 57.9 Å². The Bertz CT molecular complexity index is 507. The number of nitrogens with two attached hydrogens (primary N) is 1. The van der Waals surface area contributed by atoms with Crippen LogP contribution in [0.3, 0.4) is 0 Å². The van der Waals surface area contributed by atoms with Gasteiger partial charge in [-0.1, -0.05) is 5.21 Å². The number of carboxylic acid groups (broad SMARTS) is 1. The zero-order valence-electron chi connectivity index (χ0n) is 11.7. The first-order chi connectivity index (χ1) is 8.68. The second-order valence-electron chi connectivity index (χ2n) is 6.02. The Morgan fingerprint density at radius 1 is 1.53 bits per heavy atom. The fourth-order valence-electron chi connectivity index (χ4n) is 2.83. The average Bonchev–Trinajstić information content (AvgIpc) is 2.75. The zero-order valence-corrected chi connectivity index (χ0v) is 11.7. The largest absolute Gasteiger partial charge is 0.476 e. The van der Waals surface area contributed by atoms with E-state index in [-0.39, 0.29) is 23.9 Å². The zero-order chi connectivity index (χ0) is 14.4. The lowest BCUT2D eigenvalue weighted by Crippen LogP contribution is -2.32. The lowest BCUT2D eigenvalue weighted by molar-refractivity contribution is -0.0740. The highest BCUT2D eigenvalue weighted by molar-refractivity contribution is 5.86. The summed E-state index contributed by atoms with van der Waals surface area (Å²) in [5.41, 5.74) is 5.28. The highest BCUT2D eigenvalue weighted by Crippen LogP contribution is 2.45. The molecular weight excluding hydrogens is 248 g/mol. The van der Waals surface area contributed by atoms with E-state index in [0.717, 1.165) is 6.42 Å². The van der Waals surface area contributed by atoms with Gasteiger partial charge in [-0.25, -0.2) is 9.48 Å². The van der Waals surface area contributed by atoms with E-state index in [2.05, 4.69) is 10.3 Å². The number of aromatic carboxylic acids is 1. The van der Waals surface area contributed by atoms with Gasteiger partial charge in [0.15, 0.2) is 5.69 Å². The Hall–Kier alpha value is -1.47. The molecule has 1 unspecified atom stereocenters. The van der Waals surface area contributed by atoms with Crippen LogP contribution in [0.25, 0.3) is 0 Å². The second-order valence-corrected chi connectivity index (χ2v) is 6.02. The Kier molecular flexibility index (Phi) is 3.14. The molecule has 19 heavy (non-hydrogen) atoms. The standard InChI is InChI=1S/C12H20N4O3/c1-11(2)5-8(12(3,4)19-11)16-7(6-13)9(10(17)18)14-15-16/h8H,5-6,13H2,1-4H3,(H,17,18). The number of carbonyl (C=O) groups is 1. The van der Waals surface area contributed by atoms with Crippen LogP contribution in [-0.2, 0) is 11.3 Å². The summed E-state index contributed by atoms with van der Waals surface area (Å²) < 4.78 is 7.60. The first-order valence-corrected chi connectivity index (χ1v) is 6.25. The van der Waals surface area contributed by atoms with Gasteiger partial charge in [0, 0.05) is 13.0 Å². The smallest absolute Gasteiger partial charge is 0.358 e. The Morgan fingerprint density at radius 3 is 2.58 bits per heavy atom. The fourth-order valence-corrected chi connectivity index (χ4v) is 2.83. The van der Waals surface area contributed by atoms with E-state index >= 15 is 0 Å². The first-order valence-electron chi connectivity index (χ1n) is 6.25. The van der Waals surface area contributed by atoms with E-state index in [1.165, 1.54) is 0 Å². The van der Waals surface area contributed by atoms with Crippen molar-refractivity contribution < 1.29 is 14.6 Å². The fraction of sp³-hybridized carbons (Fsp3) is 0.750. The van der Waals surface area contributed by atoms with Crippen molar-refractivity contribution in [3.05, 3.63) is 11.4 Å². The molecular formula is C12H20N4O3. The minimum absolute atomic E-state index is 0.0805. The van der Waals surface area contributed by atoms with Gasteiger partial charge in [0.1, 0.15) is 0 Å². The maximum Gasteiger partial charge on any atom is 0.358 e. The minimum Gasteiger partial charge on any atom is -0.476 e. The third-order valence-corrected chi connectivity index (χ3v) is 3.51. The molecule has 0 bridgehead atoms. The molecule has 7 nitrogen and oxygen atoms in total. The molecule has 0 amide bonds. The summed E-state index contributed by atoms with van der Waals surface area (Å²) in [6.45, 7) is 8.03. The quantitative estimate of drug-likeness (QED) is 0.846. The normalized spacial score (nSPS) is 24.6. The van der Waals surface area contributed by atoms with E-state index in [4.69, 9.17) is 15.6 Å². The molecule has 1 aliphatic rings. The summed E-state index contributed by atoms with van der Waals surface area (Å²) in [6.07, 6.45) is 0.732. The van der Waals surface area contributed by atoms with Gasteiger partial charge in [0.2, 0.25) is 0 Å². The van der Waals surface area contributed by atoms with Crippen LogP contribution in [0.4, 0.5) is 0 Å². The highest BCUT2D eigenvalue weighted by atomic mass is 16.5. The second kappa shape index (κ2) is 4.28. The van der Waals surface area contributed by atoms with Gasteiger partial charge < -0.3 is 15.6 Å². The third-order valence-electron chi connectivity index (χ3n) is 3.51. The first kappa shape index (κ1) is 14.0. The van der Waals surface area contributed by atoms with Crippen LogP contribution >= 0.6 is 0 Å². The molecule has 2 rings (SSSR count). The SMILES string of the molecule is CC1(C)CC(n2nnc(C(=O)O)c2CN)C(C)(C)O1. The predicted molar refractivity (Wildman–Crippen MR) is 67.8 cm³/mol. The summed E-state index contributed by atoms with van der Waals surface area (Å²) in [5, 5.41) is 16.8. The number of aromatic nitrogens is 3. The molecule has 0 saturated carbocycles. The van der Waals surface area contributed by atoms with Crippen molar-refractivity contribution in [3.8, 4) is 0 Å². The monoisotopic (exact) mass is 268 g/mol. The molecule has 7 heteroatoms. The Labute approximate surface area is 111 Å². The summed E-state index contributed by atoms with van der Waals surface area (Å²) in [7, 11) is 0. The molecule has 1 atom stereocenters. The lowest BCUT2D eigenvalue weighted by Gasteiger charge is -2.27. The molecule has 106 valence electrons. The molecule has 1 fully saturated rings. The number of ether oxygens (including phenoxy) is 1. The molecule has 3 N–H and O–H groups in total. The molecule has 0 aliphatic carbocycles. The number of carboxylic acids is 1. The van der Waals surface area contributed by atoms with Gasteiger partial charge in [-0.15, -0.1) is 5.10 Å². The van der Waals surface area contributed by atoms with Gasteiger partial charge in [0.25, 0.3) is 0 Å². The van der Waals surface area contributed by atoms with Crippen LogP contribution in [0.2, 0.25) is 0 Å². The van der Waals surface area contributed by atoms with Crippen LogP contribution < -0.4 is 5.73 Å². The van der Waals surface area contributed by atoms with Crippen LogP contribution in [0.15, 0.2) is 0 Å². The summed E-state index contributed by atoms with van der Waals surface area (Å²) >= 11 is 0. The van der Waals surface area contributed by atoms with Crippen LogP contribution in [0, 0.1) is 0 Å². The van der Waals surface area contributed by atoms with Crippen molar-refractivity contribution in [3.63, 3.8) is 0 Å². The molecule has 2 heterocycles. The molecule has 1 aromatic heterocycles. The van der Waals surface area contributed by atoms with Crippen LogP contribution in [-0.4, -0.2) is 37.3 Å². The topological polar surface area (TPSA) is 103 Å². The van der Waals surface area contributed by atoms with Gasteiger partial charge in [-0.05, 0) is 27.7 Å². The average molecular weight is 268 g/mol. The number of rotatable bonds is 3. The molecule has 1 aliphatic heterocycles. The molecule has 1 saturated heterocycles. The van der Waals surface area contributed by atoms with E-state index in [9.17, 15) is 4.79 Å². The molecule has 0 radical (unpaired) electrons. The van der Waals surface area contributed by atoms with Crippen molar-refractivity contribution in [1.82, 2.24) is 15.0 Å². The number of nitrogens with zero attached hydrogens (tertiary/aromatic N) is 3. The van der Waals surface area contributed by atoms with Crippen molar-refractivity contribution in [1.29, 1.82) is 0 Å². The summed E-state index contributed by atoms with van der Waals surface area (Å²) in [4.78, 5) is 11.1. The highest BCUT2D eigenvalue weighted by Gasteiger charge is 2.48. The van der Waals surface area contributed by atoms with Crippen molar-refractivity contribution >= 4 is 5.97 Å². The Balaban J connectivity index is 2.45. The molecule has 0 aromatic carbocycles. The van der Waals surface area contributed by atoms with E-state index in [1.807, 2.05) is 27.7 Å². The third kappa shape index (κ3) is 2.35. The molecule has 0 spiro atoms. The van der Waals surface area contributed by atoms with Gasteiger partial charge in [-0.2, -0.15) is 0 Å². The lowest BCUT2D eigenvalue weighted by atomic mass is 9.94. The van der Waals surface area contributed by atoms with Gasteiger partial charge in [0.05, 0.1) is 22.9 Å². The summed E-state index contributed by atoms with van der Waals surface area (Å²) in [5.74, 6) is -1.11. The number of hydrogen-bond donors (Lipinski definition) is 2. The minimum atomic E-state index is -1.11. The van der Waals surface area contributed by atoms with Crippen molar-refractivity contribution in [2.75, 3.05) is 0 Å². The predicted octanol–water partition coefficient (Wildman–Crippen LogP) is 0.954. The van der Waals surface area contributed by atoms with E-state index in [1.54, 1.807) is 4.68 Å². The van der Waals surface area contributed by atoms with Gasteiger partial charge >= 0.3 is 5.97 Å². The molecule has 1 aromatic rings. The van der Waals surface area contributed by atoms with Crippen LogP contribution in [0.1, 0.15) is 56.3 Å². The van der Waals surface area contributed by atoms with E-state index < -0.39 is 11.6 Å². The van der Waals surface area contributed by atoms with Gasteiger partial charge in [-0.3, -0.25) is 0 Å². The Morgan fingerprint density at radius 2 is 2.16 bits per heavy atom. The van der Waals surface area contributed by atoms with Crippen LogP contribution in [0.5, 0.6) is 0 Å². The maximum absolute atomic E-state index is 11.1. The van der Waals surface area contributed by atoms with E-state index in [0.29, 0.717) is 5.69 Å². The summed E-state index contributed by atoms with van der Waals surface area (Å²) in [6, 6.07) is -0.0818. The maximum atomic E-state index is 11.1. The van der Waals surface area contributed by atoms with Crippen molar-refractivity contribution in [2.24, 2.45) is 5.73 Å². The number of hydrogen-bond acceptors (Lipinski definition) is 5.